The third-order valence-electron chi connectivity index (χ3n) is 2.76. The molecule has 22 heavy (non-hydrogen) atoms. The minimum Gasteiger partial charge on any atom is -0.495 e. The predicted octanol–water partition coefficient (Wildman–Crippen LogP) is 2.04. The monoisotopic (exact) mass is 344 g/mol. The molecular weight excluding hydrogens is 327 g/mol. The largest absolute Gasteiger partial charge is 0.495 e. The van der Waals surface area contributed by atoms with Crippen LogP contribution < -0.4 is 16.0 Å². The SMILES string of the molecule is COc1cc(C=CC(=O)NN)ccc1-n1cnc(C)c1.Cl.Cl. The summed E-state index contributed by atoms with van der Waals surface area (Å²) in [7, 11) is 1.60. The third-order valence-corrected chi connectivity index (χ3v) is 2.76. The molecule has 0 bridgehead atoms. The molecule has 0 aliphatic heterocycles. The molecule has 2 rings (SSSR count). The number of benzene rings is 1. The zero-order valence-electron chi connectivity index (χ0n) is 12.1. The molecule has 1 aromatic heterocycles. The lowest BCUT2D eigenvalue weighted by molar-refractivity contribution is -0.116. The first-order valence-electron chi connectivity index (χ1n) is 6.01. The van der Waals surface area contributed by atoms with Gasteiger partial charge in [-0.3, -0.25) is 10.2 Å². The van der Waals surface area contributed by atoms with Gasteiger partial charge in [0, 0.05) is 12.3 Å². The van der Waals surface area contributed by atoms with Crippen LogP contribution in [0.1, 0.15) is 11.3 Å². The zero-order chi connectivity index (χ0) is 14.5. The average Bonchev–Trinajstić information content (AvgIpc) is 2.90. The molecule has 0 spiro atoms. The minimum absolute atomic E-state index is 0. The molecule has 8 heteroatoms. The fourth-order valence-electron chi connectivity index (χ4n) is 1.78. The van der Waals surface area contributed by atoms with E-state index in [0.29, 0.717) is 5.75 Å². The van der Waals surface area contributed by atoms with E-state index in [0.717, 1.165) is 16.9 Å². The van der Waals surface area contributed by atoms with Crippen molar-refractivity contribution in [1.82, 2.24) is 15.0 Å². The number of imidazole rings is 1. The van der Waals surface area contributed by atoms with E-state index in [-0.39, 0.29) is 30.7 Å². The van der Waals surface area contributed by atoms with Gasteiger partial charge in [-0.15, -0.1) is 24.8 Å². The van der Waals surface area contributed by atoms with Gasteiger partial charge in [0.1, 0.15) is 5.75 Å². The van der Waals surface area contributed by atoms with Gasteiger partial charge in [-0.05, 0) is 30.7 Å². The molecule has 0 fully saturated rings. The Morgan fingerprint density at radius 1 is 1.41 bits per heavy atom. The van der Waals surface area contributed by atoms with Gasteiger partial charge in [0.05, 0.1) is 24.8 Å². The Bertz CT molecular complexity index is 656. The number of carbonyl (C=O) groups is 1. The highest BCUT2D eigenvalue weighted by atomic mass is 35.5. The van der Waals surface area contributed by atoms with Crippen molar-refractivity contribution in [3.8, 4) is 11.4 Å². The van der Waals surface area contributed by atoms with E-state index in [1.165, 1.54) is 6.08 Å². The standard InChI is InChI=1S/C14H16N4O2.2ClH/c1-10-8-18(9-16-10)12-5-3-11(7-13(12)20-2)4-6-14(19)17-15;;/h3-9H,15H2,1-2H3,(H,17,19);2*1H. The number of amides is 1. The number of nitrogens with zero attached hydrogens (tertiary/aromatic N) is 2. The van der Waals surface area contributed by atoms with Crippen molar-refractivity contribution in [2.24, 2.45) is 5.84 Å². The van der Waals surface area contributed by atoms with Crippen molar-refractivity contribution < 1.29 is 9.53 Å². The second-order valence-corrected chi connectivity index (χ2v) is 4.20. The Kier molecular flexibility index (Phi) is 8.26. The van der Waals surface area contributed by atoms with Crippen molar-refractivity contribution in [2.75, 3.05) is 7.11 Å². The number of hydrazine groups is 1. The van der Waals surface area contributed by atoms with E-state index in [4.69, 9.17) is 10.6 Å². The lowest BCUT2D eigenvalue weighted by Gasteiger charge is -2.09. The second-order valence-electron chi connectivity index (χ2n) is 4.20. The lowest BCUT2D eigenvalue weighted by atomic mass is 10.1. The molecule has 0 aliphatic rings. The number of nitrogens with one attached hydrogen (secondary N) is 1. The van der Waals surface area contributed by atoms with Crippen molar-refractivity contribution in [2.45, 2.75) is 6.92 Å². The maximum Gasteiger partial charge on any atom is 0.257 e. The lowest BCUT2D eigenvalue weighted by Crippen LogP contribution is -2.27. The van der Waals surface area contributed by atoms with Crippen molar-refractivity contribution in [1.29, 1.82) is 0 Å². The Balaban J connectivity index is 0.00000220. The summed E-state index contributed by atoms with van der Waals surface area (Å²) in [5, 5.41) is 0. The fraction of sp³-hybridized carbons (Fsp3) is 0.143. The molecule has 0 unspecified atom stereocenters. The maximum absolute atomic E-state index is 11.1. The Labute approximate surface area is 141 Å². The number of hydrogen-bond donors (Lipinski definition) is 2. The summed E-state index contributed by atoms with van der Waals surface area (Å²) in [5.74, 6) is 5.34. The summed E-state index contributed by atoms with van der Waals surface area (Å²) in [6.45, 7) is 1.92. The van der Waals surface area contributed by atoms with E-state index in [2.05, 4.69) is 4.98 Å². The summed E-state index contributed by atoms with van der Waals surface area (Å²) in [4.78, 5) is 15.3. The average molecular weight is 345 g/mol. The van der Waals surface area contributed by atoms with Gasteiger partial charge in [-0.1, -0.05) is 6.07 Å². The van der Waals surface area contributed by atoms with E-state index in [1.54, 1.807) is 19.5 Å². The molecule has 2 aromatic rings. The van der Waals surface area contributed by atoms with Crippen molar-refractivity contribution in [3.05, 3.63) is 48.1 Å². The van der Waals surface area contributed by atoms with Crippen LogP contribution in [0.25, 0.3) is 11.8 Å². The van der Waals surface area contributed by atoms with Gasteiger partial charge in [0.25, 0.3) is 5.91 Å². The second kappa shape index (κ2) is 9.09. The van der Waals surface area contributed by atoms with Gasteiger partial charge in [0.15, 0.2) is 0 Å². The highest BCUT2D eigenvalue weighted by Crippen LogP contribution is 2.25. The number of aromatic nitrogens is 2. The van der Waals surface area contributed by atoms with Crippen LogP contribution in [-0.2, 0) is 4.79 Å². The van der Waals surface area contributed by atoms with Crippen molar-refractivity contribution in [3.63, 3.8) is 0 Å². The number of ether oxygens (including phenoxy) is 1. The summed E-state index contributed by atoms with van der Waals surface area (Å²) in [6.07, 6.45) is 6.66. The van der Waals surface area contributed by atoms with Crippen LogP contribution in [0.5, 0.6) is 5.75 Å². The van der Waals surface area contributed by atoms with Crippen LogP contribution in [0.3, 0.4) is 0 Å². The number of methoxy groups -OCH3 is 1. The Morgan fingerprint density at radius 3 is 2.68 bits per heavy atom. The van der Waals surface area contributed by atoms with Crippen LogP contribution in [0.2, 0.25) is 0 Å². The first-order chi connectivity index (χ1) is 9.63. The molecule has 0 saturated carbocycles. The highest BCUT2D eigenvalue weighted by molar-refractivity contribution is 5.91. The summed E-state index contributed by atoms with van der Waals surface area (Å²) >= 11 is 0. The topological polar surface area (TPSA) is 82.2 Å². The number of aryl methyl sites for hydroxylation is 1. The van der Waals surface area contributed by atoms with E-state index < -0.39 is 0 Å². The van der Waals surface area contributed by atoms with Gasteiger partial charge in [0.2, 0.25) is 0 Å². The number of nitrogens with two attached hydrogens (primary N) is 1. The first kappa shape index (κ1) is 20.0. The number of rotatable bonds is 4. The third kappa shape index (κ3) is 4.77. The smallest absolute Gasteiger partial charge is 0.257 e. The molecule has 1 heterocycles. The number of halogens is 2. The van der Waals surface area contributed by atoms with E-state index in [1.807, 2.05) is 41.3 Å². The summed E-state index contributed by atoms with van der Waals surface area (Å²) in [6, 6.07) is 5.62. The molecule has 0 atom stereocenters. The molecule has 1 aromatic carbocycles. The fourth-order valence-corrected chi connectivity index (χ4v) is 1.78. The Morgan fingerprint density at radius 2 is 2.14 bits per heavy atom. The normalized spacial score (nSPS) is 9.77. The van der Waals surface area contributed by atoms with Crippen LogP contribution >= 0.6 is 24.8 Å². The number of hydrogen-bond acceptors (Lipinski definition) is 4. The highest BCUT2D eigenvalue weighted by Gasteiger charge is 2.06. The zero-order valence-corrected chi connectivity index (χ0v) is 13.8. The summed E-state index contributed by atoms with van der Waals surface area (Å²) in [5.41, 5.74) is 4.68. The van der Waals surface area contributed by atoms with Crippen molar-refractivity contribution >= 4 is 36.8 Å². The maximum atomic E-state index is 11.1. The molecule has 0 aliphatic carbocycles. The Hall–Kier alpha value is -2.02. The number of carbonyl (C=O) groups excluding carboxylic acids is 1. The molecule has 120 valence electrons. The molecular formula is C14H18Cl2N4O2. The molecule has 0 saturated heterocycles. The van der Waals surface area contributed by atoms with Gasteiger partial charge < -0.3 is 9.30 Å². The van der Waals surface area contributed by atoms with Gasteiger partial charge in [-0.25, -0.2) is 10.8 Å². The molecule has 1 amide bonds. The van der Waals surface area contributed by atoms with Crippen LogP contribution in [0.15, 0.2) is 36.8 Å². The molecule has 6 nitrogen and oxygen atoms in total. The first-order valence-corrected chi connectivity index (χ1v) is 6.01. The quantitative estimate of drug-likeness (QED) is 0.385. The van der Waals surface area contributed by atoms with E-state index in [9.17, 15) is 4.79 Å². The van der Waals surface area contributed by atoms with Gasteiger partial charge >= 0.3 is 0 Å². The van der Waals surface area contributed by atoms with Crippen LogP contribution in [0, 0.1) is 6.92 Å². The van der Waals surface area contributed by atoms with Crippen LogP contribution in [0.4, 0.5) is 0 Å². The molecule has 3 N–H and O–H groups in total. The van der Waals surface area contributed by atoms with Gasteiger partial charge in [-0.2, -0.15) is 0 Å². The predicted molar refractivity (Wildman–Crippen MR) is 90.7 cm³/mol. The molecule has 0 radical (unpaired) electrons. The van der Waals surface area contributed by atoms with Crippen LogP contribution in [-0.4, -0.2) is 22.6 Å². The van der Waals surface area contributed by atoms with E-state index >= 15 is 0 Å². The minimum atomic E-state index is -0.363. The summed E-state index contributed by atoms with van der Waals surface area (Å²) < 4.78 is 7.26.